The number of hydrogen-bond donors (Lipinski definition) is 2. The van der Waals surface area contributed by atoms with Crippen molar-refractivity contribution in [3.63, 3.8) is 0 Å². The van der Waals surface area contributed by atoms with Crippen molar-refractivity contribution in [1.82, 2.24) is 5.32 Å². The number of carboxylic acids is 1. The number of hydrogen-bond acceptors (Lipinski definition) is 4. The van der Waals surface area contributed by atoms with Crippen LogP contribution in [0.15, 0.2) is 30.3 Å². The summed E-state index contributed by atoms with van der Waals surface area (Å²) < 4.78 is 0. The maximum absolute atomic E-state index is 11.6. The highest BCUT2D eigenvalue weighted by atomic mass is 32.1. The van der Waals surface area contributed by atoms with Crippen molar-refractivity contribution in [3.05, 3.63) is 35.9 Å². The molecule has 1 amide bonds. The summed E-state index contributed by atoms with van der Waals surface area (Å²) in [6.07, 6.45) is 0.545. The molecule has 1 atom stereocenters. The van der Waals surface area contributed by atoms with Crippen molar-refractivity contribution in [2.75, 3.05) is 12.3 Å². The Morgan fingerprint density at radius 3 is 2.47 bits per heavy atom. The van der Waals surface area contributed by atoms with Gasteiger partial charge in [0, 0.05) is 5.75 Å². The predicted octanol–water partition coefficient (Wildman–Crippen LogP) is -0.359. The third kappa shape index (κ3) is 4.91. The maximum atomic E-state index is 11.6. The Labute approximate surface area is 105 Å². The number of carboxylic acid groups (broad SMARTS) is 1. The van der Waals surface area contributed by atoms with E-state index in [1.54, 1.807) is 0 Å². The third-order valence-corrected chi connectivity index (χ3v) is 2.76. The van der Waals surface area contributed by atoms with Crippen LogP contribution in [0, 0.1) is 5.92 Å². The van der Waals surface area contributed by atoms with Crippen molar-refractivity contribution in [2.45, 2.75) is 6.42 Å². The van der Waals surface area contributed by atoms with E-state index < -0.39 is 12.5 Å². The highest BCUT2D eigenvalue weighted by molar-refractivity contribution is 7.80. The molecule has 1 aromatic rings. The number of amides is 1. The van der Waals surface area contributed by atoms with Crippen LogP contribution < -0.4 is 10.4 Å². The average molecular weight is 252 g/mol. The molecule has 92 valence electrons. The van der Waals surface area contributed by atoms with Gasteiger partial charge in [-0.2, -0.15) is 12.6 Å². The van der Waals surface area contributed by atoms with Gasteiger partial charge in [-0.05, 0) is 12.0 Å². The van der Waals surface area contributed by atoms with E-state index in [2.05, 4.69) is 17.9 Å². The predicted molar refractivity (Wildman–Crippen MR) is 65.5 cm³/mol. The maximum Gasteiger partial charge on any atom is 0.224 e. The number of benzene rings is 1. The lowest BCUT2D eigenvalue weighted by molar-refractivity contribution is -0.304. The van der Waals surface area contributed by atoms with Crippen molar-refractivity contribution in [2.24, 2.45) is 5.92 Å². The number of carbonyl (C=O) groups excluding carboxylic acids is 2. The van der Waals surface area contributed by atoms with Gasteiger partial charge < -0.3 is 15.2 Å². The first-order valence-electron chi connectivity index (χ1n) is 5.26. The SMILES string of the molecule is O=C([O-])CNC(=O)[C@@H](CS)Cc1ccccc1. The molecule has 4 nitrogen and oxygen atoms in total. The second-order valence-corrected chi connectivity index (χ2v) is 4.02. The van der Waals surface area contributed by atoms with Gasteiger partial charge in [-0.15, -0.1) is 0 Å². The zero-order valence-electron chi connectivity index (χ0n) is 9.26. The molecule has 0 bridgehead atoms. The molecule has 0 radical (unpaired) electrons. The molecule has 0 aromatic heterocycles. The fourth-order valence-corrected chi connectivity index (χ4v) is 1.74. The molecule has 0 aliphatic carbocycles. The zero-order chi connectivity index (χ0) is 12.7. The smallest absolute Gasteiger partial charge is 0.224 e. The lowest BCUT2D eigenvalue weighted by Crippen LogP contribution is -2.41. The van der Waals surface area contributed by atoms with Gasteiger partial charge in [-0.3, -0.25) is 4.79 Å². The van der Waals surface area contributed by atoms with Crippen molar-refractivity contribution < 1.29 is 14.7 Å². The summed E-state index contributed by atoms with van der Waals surface area (Å²) >= 11 is 4.11. The molecule has 17 heavy (non-hydrogen) atoms. The minimum absolute atomic E-state index is 0.312. The van der Waals surface area contributed by atoms with Crippen LogP contribution in [0.25, 0.3) is 0 Å². The quantitative estimate of drug-likeness (QED) is 0.679. The van der Waals surface area contributed by atoms with Crippen LogP contribution in [0.4, 0.5) is 0 Å². The van der Waals surface area contributed by atoms with Gasteiger partial charge in [0.25, 0.3) is 0 Å². The van der Waals surface area contributed by atoms with Gasteiger partial charge in [0.15, 0.2) is 0 Å². The van der Waals surface area contributed by atoms with Crippen LogP contribution in [0.5, 0.6) is 0 Å². The molecule has 0 unspecified atom stereocenters. The number of nitrogens with one attached hydrogen (secondary N) is 1. The van der Waals surface area contributed by atoms with Crippen LogP contribution in [0.3, 0.4) is 0 Å². The van der Waals surface area contributed by atoms with E-state index in [4.69, 9.17) is 0 Å². The number of aliphatic carboxylic acids is 1. The summed E-state index contributed by atoms with van der Waals surface area (Å²) in [4.78, 5) is 21.9. The standard InChI is InChI=1S/C12H15NO3S/c14-11(15)7-13-12(16)10(8-17)6-9-4-2-1-3-5-9/h1-5,10,17H,6-8H2,(H,13,16)(H,14,15)/p-1/t10-/m1/s1. The molecule has 1 rings (SSSR count). The Hall–Kier alpha value is -1.49. The summed E-state index contributed by atoms with van der Waals surface area (Å²) in [5.74, 6) is -1.57. The molecule has 1 N–H and O–H groups in total. The van der Waals surface area contributed by atoms with Crippen molar-refractivity contribution in [3.8, 4) is 0 Å². The van der Waals surface area contributed by atoms with Crippen LogP contribution in [0.1, 0.15) is 5.56 Å². The summed E-state index contributed by atoms with van der Waals surface area (Å²) in [6.45, 7) is -0.460. The minimum Gasteiger partial charge on any atom is -0.548 e. The largest absolute Gasteiger partial charge is 0.548 e. The minimum atomic E-state index is -1.30. The molecule has 0 saturated heterocycles. The van der Waals surface area contributed by atoms with Gasteiger partial charge in [0.2, 0.25) is 5.91 Å². The Balaban J connectivity index is 2.53. The first kappa shape index (κ1) is 13.6. The Bertz CT molecular complexity index is 381. The Kier molecular flexibility index (Phi) is 5.56. The Morgan fingerprint density at radius 1 is 1.29 bits per heavy atom. The van der Waals surface area contributed by atoms with E-state index in [9.17, 15) is 14.7 Å². The highest BCUT2D eigenvalue weighted by Crippen LogP contribution is 2.10. The number of rotatable bonds is 6. The van der Waals surface area contributed by atoms with Gasteiger partial charge in [0.05, 0.1) is 18.4 Å². The zero-order valence-corrected chi connectivity index (χ0v) is 10.2. The van der Waals surface area contributed by atoms with Crippen molar-refractivity contribution >= 4 is 24.5 Å². The topological polar surface area (TPSA) is 69.2 Å². The third-order valence-electron chi connectivity index (χ3n) is 2.32. The molecule has 0 aliphatic rings. The summed E-state index contributed by atoms with van der Waals surface area (Å²) in [6, 6.07) is 9.52. The van der Waals surface area contributed by atoms with E-state index in [-0.39, 0.29) is 11.8 Å². The van der Waals surface area contributed by atoms with E-state index in [0.29, 0.717) is 12.2 Å². The summed E-state index contributed by atoms with van der Waals surface area (Å²) in [5.41, 5.74) is 1.02. The summed E-state index contributed by atoms with van der Waals surface area (Å²) in [7, 11) is 0. The fourth-order valence-electron chi connectivity index (χ4n) is 1.44. The number of thiol groups is 1. The van der Waals surface area contributed by atoms with Crippen molar-refractivity contribution in [1.29, 1.82) is 0 Å². The van der Waals surface area contributed by atoms with Gasteiger partial charge in [-0.25, -0.2) is 0 Å². The van der Waals surface area contributed by atoms with E-state index in [0.717, 1.165) is 5.56 Å². The molecule has 0 heterocycles. The fraction of sp³-hybridized carbons (Fsp3) is 0.333. The molecule has 5 heteroatoms. The molecule has 1 aromatic carbocycles. The van der Waals surface area contributed by atoms with E-state index in [1.165, 1.54) is 0 Å². The number of carbonyl (C=O) groups is 2. The Morgan fingerprint density at radius 2 is 1.94 bits per heavy atom. The van der Waals surface area contributed by atoms with Gasteiger partial charge in [0.1, 0.15) is 0 Å². The van der Waals surface area contributed by atoms with E-state index in [1.807, 2.05) is 30.3 Å². The first-order valence-corrected chi connectivity index (χ1v) is 5.89. The lowest BCUT2D eigenvalue weighted by Gasteiger charge is -2.14. The molecule has 0 saturated carbocycles. The van der Waals surface area contributed by atoms with Crippen LogP contribution >= 0.6 is 12.6 Å². The second-order valence-electron chi connectivity index (χ2n) is 3.66. The van der Waals surface area contributed by atoms with Crippen LogP contribution in [-0.2, 0) is 16.0 Å². The van der Waals surface area contributed by atoms with Gasteiger partial charge >= 0.3 is 0 Å². The normalized spacial score (nSPS) is 11.8. The first-order chi connectivity index (χ1) is 8.13. The molecular formula is C12H14NO3S-. The molecular weight excluding hydrogens is 238 g/mol. The highest BCUT2D eigenvalue weighted by Gasteiger charge is 2.16. The monoisotopic (exact) mass is 252 g/mol. The molecule has 0 aliphatic heterocycles. The second kappa shape index (κ2) is 6.96. The summed E-state index contributed by atoms with van der Waals surface area (Å²) in [5, 5.41) is 12.5. The van der Waals surface area contributed by atoms with Crippen LogP contribution in [0.2, 0.25) is 0 Å². The molecule has 0 spiro atoms. The van der Waals surface area contributed by atoms with Gasteiger partial charge in [-0.1, -0.05) is 30.3 Å². The van der Waals surface area contributed by atoms with Crippen LogP contribution in [-0.4, -0.2) is 24.2 Å². The average Bonchev–Trinajstić information content (AvgIpc) is 2.34. The van der Waals surface area contributed by atoms with E-state index >= 15 is 0 Å². The molecule has 0 fully saturated rings. The lowest BCUT2D eigenvalue weighted by atomic mass is 10.0.